The molecule has 1 aliphatic rings. The smallest absolute Gasteiger partial charge is 0.254 e. The van der Waals surface area contributed by atoms with Crippen molar-refractivity contribution in [2.24, 2.45) is 0 Å². The second kappa shape index (κ2) is 6.51. The van der Waals surface area contributed by atoms with Gasteiger partial charge in [0.1, 0.15) is 12.7 Å². The van der Waals surface area contributed by atoms with Gasteiger partial charge < -0.3 is 4.90 Å². The maximum atomic E-state index is 13.0. The molecule has 1 saturated carbocycles. The van der Waals surface area contributed by atoms with Gasteiger partial charge in [-0.05, 0) is 49.6 Å². The summed E-state index contributed by atoms with van der Waals surface area (Å²) in [6.45, 7) is 2.74. The summed E-state index contributed by atoms with van der Waals surface area (Å²) in [5, 5.41) is 4.11. The molecule has 0 N–H and O–H groups in total. The Labute approximate surface area is 146 Å². The molecule has 0 saturated heterocycles. The molecule has 5 heteroatoms. The van der Waals surface area contributed by atoms with Crippen LogP contribution in [0.4, 0.5) is 0 Å². The predicted molar refractivity (Wildman–Crippen MR) is 95.4 cm³/mol. The summed E-state index contributed by atoms with van der Waals surface area (Å²) in [6.07, 6.45) is 5.32. The molecular formula is C20H20N4O. The maximum Gasteiger partial charge on any atom is 0.254 e. The van der Waals surface area contributed by atoms with E-state index in [4.69, 9.17) is 0 Å². The van der Waals surface area contributed by atoms with Gasteiger partial charge in [-0.1, -0.05) is 29.8 Å². The largest absolute Gasteiger partial charge is 0.331 e. The lowest BCUT2D eigenvalue weighted by atomic mass is 10.1. The monoisotopic (exact) mass is 332 g/mol. The molecule has 1 heterocycles. The minimum atomic E-state index is 0.0918. The molecule has 2 aromatic carbocycles. The van der Waals surface area contributed by atoms with Gasteiger partial charge in [0.05, 0.1) is 5.69 Å². The molecule has 25 heavy (non-hydrogen) atoms. The molecule has 4 rings (SSSR count). The summed E-state index contributed by atoms with van der Waals surface area (Å²) >= 11 is 0. The highest BCUT2D eigenvalue weighted by molar-refractivity contribution is 5.94. The van der Waals surface area contributed by atoms with E-state index in [0.29, 0.717) is 18.2 Å². The van der Waals surface area contributed by atoms with E-state index in [9.17, 15) is 4.79 Å². The highest BCUT2D eigenvalue weighted by atomic mass is 16.2. The first-order chi connectivity index (χ1) is 12.2. The second-order valence-electron chi connectivity index (χ2n) is 6.54. The predicted octanol–water partition coefficient (Wildman–Crippen LogP) is 3.38. The summed E-state index contributed by atoms with van der Waals surface area (Å²) in [4.78, 5) is 19.0. The van der Waals surface area contributed by atoms with Crippen molar-refractivity contribution >= 4 is 5.91 Å². The lowest BCUT2D eigenvalue weighted by Crippen LogP contribution is -2.32. The minimum absolute atomic E-state index is 0.0918. The molecule has 1 aromatic heterocycles. The molecule has 0 atom stereocenters. The average molecular weight is 332 g/mol. The fourth-order valence-electron chi connectivity index (χ4n) is 3.02. The first-order valence-electron chi connectivity index (χ1n) is 8.52. The molecular weight excluding hydrogens is 312 g/mol. The average Bonchev–Trinajstić information content (AvgIpc) is 3.32. The fraction of sp³-hybridized carbons (Fsp3) is 0.250. The number of hydrogen-bond donors (Lipinski definition) is 0. The third kappa shape index (κ3) is 3.45. The van der Waals surface area contributed by atoms with Crippen LogP contribution in [-0.4, -0.2) is 31.6 Å². The van der Waals surface area contributed by atoms with Gasteiger partial charge in [-0.15, -0.1) is 0 Å². The number of nitrogens with zero attached hydrogens (tertiary/aromatic N) is 4. The van der Waals surface area contributed by atoms with Gasteiger partial charge in [-0.25, -0.2) is 9.67 Å². The van der Waals surface area contributed by atoms with Crippen LogP contribution >= 0.6 is 0 Å². The van der Waals surface area contributed by atoms with Crippen molar-refractivity contribution in [1.29, 1.82) is 0 Å². The lowest BCUT2D eigenvalue weighted by Gasteiger charge is -2.23. The van der Waals surface area contributed by atoms with Gasteiger partial charge in [0.25, 0.3) is 5.91 Å². The number of rotatable bonds is 5. The minimum Gasteiger partial charge on any atom is -0.331 e. The van der Waals surface area contributed by atoms with Crippen LogP contribution < -0.4 is 0 Å². The topological polar surface area (TPSA) is 51.0 Å². The molecule has 126 valence electrons. The molecule has 0 unspecified atom stereocenters. The molecule has 1 aliphatic carbocycles. The third-order valence-corrected chi connectivity index (χ3v) is 4.48. The number of benzene rings is 2. The highest BCUT2D eigenvalue weighted by Gasteiger charge is 2.33. The van der Waals surface area contributed by atoms with Crippen LogP contribution in [0.25, 0.3) is 5.69 Å². The van der Waals surface area contributed by atoms with E-state index in [1.54, 1.807) is 11.0 Å². The maximum absolute atomic E-state index is 13.0. The van der Waals surface area contributed by atoms with Gasteiger partial charge in [-0.3, -0.25) is 4.79 Å². The van der Waals surface area contributed by atoms with Crippen molar-refractivity contribution in [2.45, 2.75) is 32.4 Å². The van der Waals surface area contributed by atoms with E-state index >= 15 is 0 Å². The Bertz CT molecular complexity index is 867. The first kappa shape index (κ1) is 15.6. The van der Waals surface area contributed by atoms with Crippen molar-refractivity contribution in [3.8, 4) is 5.69 Å². The van der Waals surface area contributed by atoms with Crippen molar-refractivity contribution in [1.82, 2.24) is 19.7 Å². The van der Waals surface area contributed by atoms with E-state index in [2.05, 4.69) is 35.2 Å². The highest BCUT2D eigenvalue weighted by Crippen LogP contribution is 2.30. The standard InChI is InChI=1S/C20H20N4O/c1-15-3-2-4-16(11-15)12-23(18-9-10-18)20(25)17-5-7-19(8-6-17)24-14-21-13-22-24/h2-8,11,13-14,18H,9-10,12H2,1H3. The van der Waals surface area contributed by atoms with Crippen molar-refractivity contribution in [2.75, 3.05) is 0 Å². The van der Waals surface area contributed by atoms with E-state index in [0.717, 1.165) is 18.5 Å². The van der Waals surface area contributed by atoms with Crippen LogP contribution in [0.1, 0.15) is 34.3 Å². The molecule has 0 radical (unpaired) electrons. The third-order valence-electron chi connectivity index (χ3n) is 4.48. The summed E-state index contributed by atoms with van der Waals surface area (Å²) in [5.41, 5.74) is 4.01. The molecule has 0 spiro atoms. The van der Waals surface area contributed by atoms with Crippen LogP contribution in [-0.2, 0) is 6.54 Å². The number of aromatic nitrogens is 3. The Morgan fingerprint density at radius 2 is 2.00 bits per heavy atom. The normalized spacial score (nSPS) is 13.6. The molecule has 5 nitrogen and oxygen atoms in total. The van der Waals surface area contributed by atoms with E-state index < -0.39 is 0 Å². The number of aryl methyl sites for hydroxylation is 1. The summed E-state index contributed by atoms with van der Waals surface area (Å²) in [7, 11) is 0. The van der Waals surface area contributed by atoms with E-state index in [1.807, 2.05) is 35.2 Å². The Kier molecular flexibility index (Phi) is 4.06. The number of carbonyl (C=O) groups excluding carboxylic acids is 1. The van der Waals surface area contributed by atoms with Gasteiger partial charge in [-0.2, -0.15) is 5.10 Å². The Hall–Kier alpha value is -2.95. The SMILES string of the molecule is Cc1cccc(CN(C(=O)c2ccc(-n3cncn3)cc2)C2CC2)c1. The zero-order chi connectivity index (χ0) is 17.2. The van der Waals surface area contributed by atoms with Crippen LogP contribution in [0, 0.1) is 6.92 Å². The van der Waals surface area contributed by atoms with Crippen LogP contribution in [0.15, 0.2) is 61.2 Å². The Balaban J connectivity index is 1.54. The van der Waals surface area contributed by atoms with Crippen LogP contribution in [0.5, 0.6) is 0 Å². The molecule has 1 amide bonds. The van der Waals surface area contributed by atoms with Crippen molar-refractivity contribution < 1.29 is 4.79 Å². The number of carbonyl (C=O) groups is 1. The second-order valence-corrected chi connectivity index (χ2v) is 6.54. The zero-order valence-electron chi connectivity index (χ0n) is 14.2. The summed E-state index contributed by atoms with van der Waals surface area (Å²) in [5.74, 6) is 0.0918. The number of hydrogen-bond acceptors (Lipinski definition) is 3. The van der Waals surface area contributed by atoms with Gasteiger partial charge in [0, 0.05) is 18.2 Å². The van der Waals surface area contributed by atoms with E-state index in [1.165, 1.54) is 17.5 Å². The van der Waals surface area contributed by atoms with Crippen molar-refractivity contribution in [3.05, 3.63) is 77.9 Å². The van der Waals surface area contributed by atoms with Gasteiger partial charge in [0.15, 0.2) is 0 Å². The Morgan fingerprint density at radius 1 is 1.20 bits per heavy atom. The zero-order valence-corrected chi connectivity index (χ0v) is 14.2. The molecule has 1 fully saturated rings. The fourth-order valence-corrected chi connectivity index (χ4v) is 3.02. The molecule has 3 aromatic rings. The lowest BCUT2D eigenvalue weighted by molar-refractivity contribution is 0.0730. The van der Waals surface area contributed by atoms with Crippen molar-refractivity contribution in [3.63, 3.8) is 0 Å². The van der Waals surface area contributed by atoms with Gasteiger partial charge >= 0.3 is 0 Å². The molecule has 0 aliphatic heterocycles. The summed E-state index contributed by atoms with van der Waals surface area (Å²) in [6, 6.07) is 16.3. The summed E-state index contributed by atoms with van der Waals surface area (Å²) < 4.78 is 1.68. The van der Waals surface area contributed by atoms with Crippen LogP contribution in [0.3, 0.4) is 0 Å². The Morgan fingerprint density at radius 3 is 2.64 bits per heavy atom. The quantitative estimate of drug-likeness (QED) is 0.720. The molecule has 0 bridgehead atoms. The van der Waals surface area contributed by atoms with E-state index in [-0.39, 0.29) is 5.91 Å². The van der Waals surface area contributed by atoms with Crippen LogP contribution in [0.2, 0.25) is 0 Å². The van der Waals surface area contributed by atoms with Gasteiger partial charge in [0.2, 0.25) is 0 Å². The first-order valence-corrected chi connectivity index (χ1v) is 8.52. The number of amides is 1.